The van der Waals surface area contributed by atoms with Gasteiger partial charge in [0.2, 0.25) is 0 Å². The molecule has 4 atom stereocenters. The van der Waals surface area contributed by atoms with Gasteiger partial charge >= 0.3 is 0 Å². The molecule has 0 N–H and O–H groups in total. The van der Waals surface area contributed by atoms with Crippen LogP contribution in [0.4, 0.5) is 0 Å². The van der Waals surface area contributed by atoms with Gasteiger partial charge < -0.3 is 18.9 Å². The number of hydrogen-bond acceptors (Lipinski definition) is 4. The van der Waals surface area contributed by atoms with E-state index in [-0.39, 0.29) is 35.1 Å². The van der Waals surface area contributed by atoms with Gasteiger partial charge in [-0.3, -0.25) is 0 Å². The van der Waals surface area contributed by atoms with Crippen molar-refractivity contribution in [3.05, 3.63) is 0 Å². The molecule has 2 saturated heterocycles. The van der Waals surface area contributed by atoms with E-state index in [2.05, 4.69) is 48.5 Å². The molecule has 1 unspecified atom stereocenters. The van der Waals surface area contributed by atoms with Gasteiger partial charge in [0.05, 0.1) is 30.5 Å². The highest BCUT2D eigenvalue weighted by Gasteiger charge is 2.59. The molecule has 20 heavy (non-hydrogen) atoms. The van der Waals surface area contributed by atoms with Gasteiger partial charge in [-0.15, -0.1) is 0 Å². The first-order valence-corrected chi connectivity index (χ1v) is 7.64. The third kappa shape index (κ3) is 3.53. The summed E-state index contributed by atoms with van der Waals surface area (Å²) < 4.78 is 24.4. The summed E-state index contributed by atoms with van der Waals surface area (Å²) in [5, 5.41) is 0. The van der Waals surface area contributed by atoms with Crippen LogP contribution in [0.3, 0.4) is 0 Å². The van der Waals surface area contributed by atoms with Crippen molar-refractivity contribution >= 4 is 0 Å². The Morgan fingerprint density at radius 2 is 1.75 bits per heavy atom. The van der Waals surface area contributed by atoms with Crippen LogP contribution in [0, 0.1) is 0 Å². The Hall–Kier alpha value is -0.160. The van der Waals surface area contributed by atoms with Crippen LogP contribution < -0.4 is 0 Å². The molecule has 2 aliphatic heterocycles. The fourth-order valence-corrected chi connectivity index (χ4v) is 2.92. The molecule has 0 aliphatic carbocycles. The summed E-state index contributed by atoms with van der Waals surface area (Å²) in [6.07, 6.45) is 0.818. The van der Waals surface area contributed by atoms with Gasteiger partial charge in [0, 0.05) is 6.42 Å². The van der Waals surface area contributed by atoms with E-state index in [0.29, 0.717) is 13.2 Å². The zero-order valence-electron chi connectivity index (χ0n) is 14.0. The Labute approximate surface area is 123 Å². The molecule has 0 spiro atoms. The van der Waals surface area contributed by atoms with Gasteiger partial charge in [-0.2, -0.15) is 0 Å². The van der Waals surface area contributed by atoms with E-state index in [1.807, 2.05) is 0 Å². The fourth-order valence-electron chi connectivity index (χ4n) is 2.92. The first-order valence-electron chi connectivity index (χ1n) is 7.64. The van der Waals surface area contributed by atoms with Crippen molar-refractivity contribution in [2.45, 2.75) is 90.0 Å². The maximum atomic E-state index is 6.27. The van der Waals surface area contributed by atoms with Gasteiger partial charge in [-0.1, -0.05) is 0 Å². The van der Waals surface area contributed by atoms with Crippen LogP contribution in [-0.4, -0.2) is 48.3 Å². The van der Waals surface area contributed by atoms with Crippen molar-refractivity contribution in [1.29, 1.82) is 0 Å². The molecule has 4 heteroatoms. The Balaban J connectivity index is 2.17. The summed E-state index contributed by atoms with van der Waals surface area (Å²) in [7, 11) is 0. The van der Waals surface area contributed by atoms with Crippen LogP contribution in [0.1, 0.15) is 54.9 Å². The van der Waals surface area contributed by atoms with Crippen molar-refractivity contribution < 1.29 is 18.9 Å². The second-order valence-corrected chi connectivity index (χ2v) is 8.03. The molecular formula is C16H30O4. The average Bonchev–Trinajstić information content (AvgIpc) is 2.42. The minimum atomic E-state index is -0.372. The average molecular weight is 286 g/mol. The summed E-state index contributed by atoms with van der Waals surface area (Å²) >= 11 is 0. The molecule has 0 radical (unpaired) electrons. The maximum Gasteiger partial charge on any atom is 0.123 e. The zero-order chi connectivity index (χ0) is 15.2. The highest BCUT2D eigenvalue weighted by Crippen LogP contribution is 2.43. The van der Waals surface area contributed by atoms with E-state index in [4.69, 9.17) is 18.9 Å². The first kappa shape index (κ1) is 16.2. The molecule has 0 amide bonds. The van der Waals surface area contributed by atoms with E-state index < -0.39 is 0 Å². The Morgan fingerprint density at radius 3 is 2.30 bits per heavy atom. The van der Waals surface area contributed by atoms with Gasteiger partial charge in [-0.05, 0) is 48.5 Å². The van der Waals surface area contributed by atoms with Crippen molar-refractivity contribution in [1.82, 2.24) is 0 Å². The largest absolute Gasteiger partial charge is 0.373 e. The molecule has 118 valence electrons. The van der Waals surface area contributed by atoms with Crippen LogP contribution in [0.5, 0.6) is 0 Å². The summed E-state index contributed by atoms with van der Waals surface area (Å²) in [5.74, 6) is 0. The molecule has 0 saturated carbocycles. The fraction of sp³-hybridized carbons (Fsp3) is 1.00. The second kappa shape index (κ2) is 5.24. The van der Waals surface area contributed by atoms with Crippen molar-refractivity contribution in [3.8, 4) is 0 Å². The molecule has 4 nitrogen and oxygen atoms in total. The molecule has 2 bridgehead atoms. The lowest BCUT2D eigenvalue weighted by molar-refractivity contribution is -0.212. The van der Waals surface area contributed by atoms with Gasteiger partial charge in [-0.25, -0.2) is 0 Å². The van der Waals surface area contributed by atoms with Gasteiger partial charge in [0.25, 0.3) is 0 Å². The SMILES string of the molecule is C[C@@H]1O[C@@]2(COC(C)(C)C)CCO[C@H]1C2OC(C)(C)C. The summed E-state index contributed by atoms with van der Waals surface area (Å²) in [4.78, 5) is 0. The molecule has 2 aliphatic rings. The number of ether oxygens (including phenoxy) is 4. The van der Waals surface area contributed by atoms with Crippen LogP contribution in [-0.2, 0) is 18.9 Å². The number of fused-ring (bicyclic) bond motifs is 2. The van der Waals surface area contributed by atoms with Crippen LogP contribution in [0.2, 0.25) is 0 Å². The monoisotopic (exact) mass is 286 g/mol. The molecule has 2 rings (SSSR count). The zero-order valence-corrected chi connectivity index (χ0v) is 14.0. The first-order chi connectivity index (χ1) is 9.03. The highest BCUT2D eigenvalue weighted by atomic mass is 16.6. The summed E-state index contributed by atoms with van der Waals surface area (Å²) in [6, 6.07) is 0. The van der Waals surface area contributed by atoms with E-state index >= 15 is 0 Å². The van der Waals surface area contributed by atoms with E-state index in [0.717, 1.165) is 6.42 Å². The van der Waals surface area contributed by atoms with E-state index in [9.17, 15) is 0 Å². The quantitative estimate of drug-likeness (QED) is 0.799. The Bertz CT molecular complexity index is 341. The topological polar surface area (TPSA) is 36.9 Å². The predicted octanol–water partition coefficient (Wildman–Crippen LogP) is 2.93. The van der Waals surface area contributed by atoms with Gasteiger partial charge in [0.15, 0.2) is 0 Å². The lowest BCUT2D eigenvalue weighted by Gasteiger charge is -2.42. The molecule has 2 heterocycles. The van der Waals surface area contributed by atoms with Crippen molar-refractivity contribution in [2.75, 3.05) is 13.2 Å². The minimum absolute atomic E-state index is 0.00606. The summed E-state index contributed by atoms with van der Waals surface area (Å²) in [5.41, 5.74) is -0.767. The van der Waals surface area contributed by atoms with Crippen LogP contribution in [0.25, 0.3) is 0 Å². The van der Waals surface area contributed by atoms with Crippen LogP contribution >= 0.6 is 0 Å². The van der Waals surface area contributed by atoms with E-state index in [1.54, 1.807) is 0 Å². The third-order valence-corrected chi connectivity index (χ3v) is 3.77. The van der Waals surface area contributed by atoms with Crippen molar-refractivity contribution in [2.24, 2.45) is 0 Å². The normalized spacial score (nSPS) is 38.2. The standard InChI is InChI=1S/C16H30O4/c1-11-12-13(20-15(5,6)7)16(19-11,8-9-17-12)10-18-14(2,3)4/h11-13H,8-10H2,1-7H3/t11-,12+,13?,16+/m0/s1. The smallest absolute Gasteiger partial charge is 0.123 e. The lowest BCUT2D eigenvalue weighted by atomic mass is 9.88. The summed E-state index contributed by atoms with van der Waals surface area (Å²) in [6.45, 7) is 15.8. The molecule has 2 fully saturated rings. The molecular weight excluding hydrogens is 256 g/mol. The van der Waals surface area contributed by atoms with Gasteiger partial charge in [0.1, 0.15) is 17.8 Å². The highest BCUT2D eigenvalue weighted by molar-refractivity contribution is 5.06. The third-order valence-electron chi connectivity index (χ3n) is 3.77. The Morgan fingerprint density at radius 1 is 1.10 bits per heavy atom. The van der Waals surface area contributed by atoms with E-state index in [1.165, 1.54) is 0 Å². The molecule has 0 aromatic carbocycles. The number of hydrogen-bond donors (Lipinski definition) is 0. The predicted molar refractivity (Wildman–Crippen MR) is 78.0 cm³/mol. The molecule has 0 aromatic rings. The second-order valence-electron chi connectivity index (χ2n) is 8.03. The van der Waals surface area contributed by atoms with Crippen molar-refractivity contribution in [3.63, 3.8) is 0 Å². The molecule has 0 aromatic heterocycles. The van der Waals surface area contributed by atoms with Crippen LogP contribution in [0.15, 0.2) is 0 Å². The lowest BCUT2D eigenvalue weighted by Crippen LogP contribution is -2.56. The maximum absolute atomic E-state index is 6.27. The minimum Gasteiger partial charge on any atom is -0.373 e. The Kier molecular flexibility index (Phi) is 4.25. The number of rotatable bonds is 3.